The first-order chi connectivity index (χ1) is 9.25. The predicted molar refractivity (Wildman–Crippen MR) is 81.5 cm³/mol. The molecule has 106 valence electrons. The molecular weight excluding hydrogens is 248 g/mol. The molecule has 0 N–H and O–H groups in total. The first-order valence-corrected chi connectivity index (χ1v) is 6.87. The zero-order chi connectivity index (χ0) is 14.9. The summed E-state index contributed by atoms with van der Waals surface area (Å²) in [6.45, 7) is 12.5. The highest BCUT2D eigenvalue weighted by molar-refractivity contribution is 5.40. The topological polar surface area (TPSA) is 35.0 Å². The first-order valence-electron chi connectivity index (χ1n) is 6.87. The van der Waals surface area contributed by atoms with E-state index in [1.807, 2.05) is 32.9 Å². The van der Waals surface area contributed by atoms with Crippen molar-refractivity contribution < 1.29 is 4.74 Å². The number of hydrogen-bond donors (Lipinski definition) is 0. The molecule has 2 rings (SSSR count). The summed E-state index contributed by atoms with van der Waals surface area (Å²) in [5, 5.41) is 0. The monoisotopic (exact) mass is 270 g/mol. The van der Waals surface area contributed by atoms with E-state index in [0.29, 0.717) is 6.01 Å². The van der Waals surface area contributed by atoms with Crippen LogP contribution in [0.25, 0.3) is 0 Å². The van der Waals surface area contributed by atoms with Gasteiger partial charge in [0.25, 0.3) is 0 Å². The van der Waals surface area contributed by atoms with E-state index >= 15 is 0 Å². The Kier molecular flexibility index (Phi) is 3.80. The van der Waals surface area contributed by atoms with E-state index in [1.165, 1.54) is 5.56 Å². The SMILES string of the molecule is Cc1cc(C)nc(Oc2ccc(C(C)(C)C)cc2C)n1. The molecule has 0 aliphatic rings. The standard InChI is InChI=1S/C17H22N2O/c1-11-9-14(17(4,5)6)7-8-15(11)20-16-18-12(2)10-13(3)19-16/h7-10H,1-6H3. The van der Waals surface area contributed by atoms with Crippen molar-refractivity contribution in [1.82, 2.24) is 9.97 Å². The minimum Gasteiger partial charge on any atom is -0.424 e. The Hall–Kier alpha value is -1.90. The van der Waals surface area contributed by atoms with Crippen molar-refractivity contribution >= 4 is 0 Å². The van der Waals surface area contributed by atoms with E-state index in [1.54, 1.807) is 0 Å². The van der Waals surface area contributed by atoms with Crippen LogP contribution in [-0.4, -0.2) is 9.97 Å². The summed E-state index contributed by atoms with van der Waals surface area (Å²) in [6.07, 6.45) is 0. The van der Waals surface area contributed by atoms with Gasteiger partial charge in [-0.3, -0.25) is 0 Å². The predicted octanol–water partition coefficient (Wildman–Crippen LogP) is 4.49. The third kappa shape index (κ3) is 3.35. The normalized spacial score (nSPS) is 11.5. The van der Waals surface area contributed by atoms with Crippen molar-refractivity contribution in [1.29, 1.82) is 0 Å². The van der Waals surface area contributed by atoms with Gasteiger partial charge in [0.05, 0.1) is 0 Å². The Morgan fingerprint density at radius 3 is 2.00 bits per heavy atom. The minimum atomic E-state index is 0.139. The van der Waals surface area contributed by atoms with Crippen LogP contribution in [0.15, 0.2) is 24.3 Å². The van der Waals surface area contributed by atoms with Crippen molar-refractivity contribution in [3.05, 3.63) is 46.8 Å². The van der Waals surface area contributed by atoms with Crippen LogP contribution >= 0.6 is 0 Å². The van der Waals surface area contributed by atoms with Gasteiger partial charge >= 0.3 is 6.01 Å². The second-order valence-electron chi connectivity index (χ2n) is 6.27. The minimum absolute atomic E-state index is 0.139. The van der Waals surface area contributed by atoms with Gasteiger partial charge in [-0.2, -0.15) is 0 Å². The lowest BCUT2D eigenvalue weighted by molar-refractivity contribution is 0.435. The number of rotatable bonds is 2. The zero-order valence-electron chi connectivity index (χ0n) is 13.1. The van der Waals surface area contributed by atoms with Gasteiger partial charge in [0, 0.05) is 11.4 Å². The molecule has 0 bridgehead atoms. The summed E-state index contributed by atoms with van der Waals surface area (Å²) in [5.74, 6) is 0.808. The lowest BCUT2D eigenvalue weighted by Gasteiger charge is -2.20. The number of benzene rings is 1. The molecule has 2 aromatic rings. The third-order valence-corrected chi connectivity index (χ3v) is 3.20. The van der Waals surface area contributed by atoms with Crippen molar-refractivity contribution in [3.63, 3.8) is 0 Å². The molecule has 0 atom stereocenters. The van der Waals surface area contributed by atoms with Gasteiger partial charge in [0.2, 0.25) is 0 Å². The molecule has 0 spiro atoms. The van der Waals surface area contributed by atoms with Crippen molar-refractivity contribution in [3.8, 4) is 11.8 Å². The second kappa shape index (κ2) is 5.23. The molecule has 1 heterocycles. The molecule has 0 aliphatic carbocycles. The Balaban J connectivity index is 2.30. The molecule has 0 unspecified atom stereocenters. The summed E-state index contributed by atoms with van der Waals surface area (Å²) in [7, 11) is 0. The third-order valence-electron chi connectivity index (χ3n) is 3.20. The van der Waals surface area contributed by atoms with Crippen LogP contribution < -0.4 is 4.74 Å². The van der Waals surface area contributed by atoms with E-state index in [2.05, 4.69) is 42.9 Å². The molecule has 0 saturated carbocycles. The van der Waals surface area contributed by atoms with Gasteiger partial charge in [0.15, 0.2) is 0 Å². The summed E-state index contributed by atoms with van der Waals surface area (Å²) < 4.78 is 5.82. The van der Waals surface area contributed by atoms with Gasteiger partial charge in [0.1, 0.15) is 5.75 Å². The highest BCUT2D eigenvalue weighted by atomic mass is 16.5. The van der Waals surface area contributed by atoms with Gasteiger partial charge in [-0.1, -0.05) is 32.9 Å². The smallest absolute Gasteiger partial charge is 0.322 e. The fraction of sp³-hybridized carbons (Fsp3) is 0.412. The maximum Gasteiger partial charge on any atom is 0.322 e. The van der Waals surface area contributed by atoms with Crippen LogP contribution in [0.4, 0.5) is 0 Å². The van der Waals surface area contributed by atoms with Crippen LogP contribution in [0.5, 0.6) is 11.8 Å². The summed E-state index contributed by atoms with van der Waals surface area (Å²) in [6, 6.07) is 8.61. The Bertz CT molecular complexity index is 607. The fourth-order valence-corrected chi connectivity index (χ4v) is 2.07. The maximum atomic E-state index is 5.82. The molecule has 3 heteroatoms. The lowest BCUT2D eigenvalue weighted by atomic mass is 9.86. The molecule has 20 heavy (non-hydrogen) atoms. The second-order valence-corrected chi connectivity index (χ2v) is 6.27. The quantitative estimate of drug-likeness (QED) is 0.806. The van der Waals surface area contributed by atoms with Gasteiger partial charge in [-0.15, -0.1) is 0 Å². The lowest BCUT2D eigenvalue weighted by Crippen LogP contribution is -2.11. The molecule has 0 saturated heterocycles. The molecule has 0 radical (unpaired) electrons. The number of aryl methyl sites for hydroxylation is 3. The Morgan fingerprint density at radius 2 is 1.50 bits per heavy atom. The molecule has 0 amide bonds. The van der Waals surface area contributed by atoms with Crippen LogP contribution in [0.2, 0.25) is 0 Å². The number of nitrogens with zero attached hydrogens (tertiary/aromatic N) is 2. The Labute approximate surface area is 121 Å². The summed E-state index contributed by atoms with van der Waals surface area (Å²) >= 11 is 0. The van der Waals surface area contributed by atoms with Gasteiger partial charge in [-0.05, 0) is 49.4 Å². The summed E-state index contributed by atoms with van der Waals surface area (Å²) in [5.41, 5.74) is 4.36. The van der Waals surface area contributed by atoms with E-state index in [9.17, 15) is 0 Å². The zero-order valence-corrected chi connectivity index (χ0v) is 13.1. The largest absolute Gasteiger partial charge is 0.424 e. The molecule has 3 nitrogen and oxygen atoms in total. The van der Waals surface area contributed by atoms with Crippen molar-refractivity contribution in [2.75, 3.05) is 0 Å². The van der Waals surface area contributed by atoms with E-state index < -0.39 is 0 Å². The van der Waals surface area contributed by atoms with Crippen LogP contribution in [-0.2, 0) is 5.41 Å². The van der Waals surface area contributed by atoms with Crippen LogP contribution in [0, 0.1) is 20.8 Å². The highest BCUT2D eigenvalue weighted by Crippen LogP contribution is 2.29. The molecule has 0 fully saturated rings. The average molecular weight is 270 g/mol. The number of aromatic nitrogens is 2. The summed E-state index contributed by atoms with van der Waals surface area (Å²) in [4.78, 5) is 8.62. The van der Waals surface area contributed by atoms with Crippen molar-refractivity contribution in [2.45, 2.75) is 47.0 Å². The number of hydrogen-bond acceptors (Lipinski definition) is 3. The van der Waals surface area contributed by atoms with Crippen LogP contribution in [0.1, 0.15) is 43.3 Å². The van der Waals surface area contributed by atoms with Gasteiger partial charge < -0.3 is 4.74 Å². The first kappa shape index (κ1) is 14.5. The van der Waals surface area contributed by atoms with Crippen LogP contribution in [0.3, 0.4) is 0 Å². The molecular formula is C17H22N2O. The fourth-order valence-electron chi connectivity index (χ4n) is 2.07. The van der Waals surface area contributed by atoms with Gasteiger partial charge in [-0.25, -0.2) is 9.97 Å². The van der Waals surface area contributed by atoms with E-state index in [0.717, 1.165) is 22.7 Å². The van der Waals surface area contributed by atoms with E-state index in [-0.39, 0.29) is 5.41 Å². The Morgan fingerprint density at radius 1 is 0.900 bits per heavy atom. The highest BCUT2D eigenvalue weighted by Gasteiger charge is 2.15. The van der Waals surface area contributed by atoms with E-state index in [4.69, 9.17) is 4.74 Å². The maximum absolute atomic E-state index is 5.82. The average Bonchev–Trinajstić information content (AvgIpc) is 2.29. The van der Waals surface area contributed by atoms with Crippen molar-refractivity contribution in [2.24, 2.45) is 0 Å². The molecule has 1 aromatic heterocycles. The number of ether oxygens (including phenoxy) is 1. The molecule has 1 aromatic carbocycles. The molecule has 0 aliphatic heterocycles.